The van der Waals surface area contributed by atoms with Gasteiger partial charge in [0.25, 0.3) is 0 Å². The summed E-state index contributed by atoms with van der Waals surface area (Å²) < 4.78 is 27.1. The molecule has 0 aromatic carbocycles. The van der Waals surface area contributed by atoms with E-state index in [0.29, 0.717) is 32.3 Å². The highest BCUT2D eigenvalue weighted by atomic mass is 35.7. The Hall–Kier alpha value is -0.290. The monoisotopic (exact) mass is 254 g/mol. The van der Waals surface area contributed by atoms with Gasteiger partial charge in [-0.05, 0) is 26.2 Å². The molecule has 0 bridgehead atoms. The van der Waals surface area contributed by atoms with E-state index in [-0.39, 0.29) is 11.9 Å². The fraction of sp³-hybridized carbons (Fsp3) is 0.889. The lowest BCUT2D eigenvalue weighted by Gasteiger charge is -2.25. The van der Waals surface area contributed by atoms with Gasteiger partial charge in [0.2, 0.25) is 9.05 Å². The topological polar surface area (TPSA) is 60.4 Å². The first-order valence-electron chi connectivity index (χ1n) is 5.05. The second-order valence-electron chi connectivity index (χ2n) is 3.71. The molecule has 1 aliphatic rings. The Labute approximate surface area is 94.4 Å². The van der Waals surface area contributed by atoms with Crippen LogP contribution in [0.25, 0.3) is 0 Å². The van der Waals surface area contributed by atoms with Crippen LogP contribution in [0.4, 0.5) is 0 Å². The Morgan fingerprint density at radius 2 is 2.13 bits per heavy atom. The van der Waals surface area contributed by atoms with E-state index < -0.39 is 14.3 Å². The van der Waals surface area contributed by atoms with Crippen LogP contribution >= 0.6 is 10.7 Å². The SMILES string of the molecule is CCOC(=O)C1CCCC(S(=O)(=O)Cl)C1. The van der Waals surface area contributed by atoms with Crippen molar-refractivity contribution < 1.29 is 17.9 Å². The average Bonchev–Trinajstić information content (AvgIpc) is 2.17. The first kappa shape index (κ1) is 12.8. The maximum absolute atomic E-state index is 11.4. The van der Waals surface area contributed by atoms with Crippen molar-refractivity contribution in [2.75, 3.05) is 6.61 Å². The summed E-state index contributed by atoms with van der Waals surface area (Å²) in [7, 11) is 1.74. The van der Waals surface area contributed by atoms with Crippen molar-refractivity contribution in [1.29, 1.82) is 0 Å². The fourth-order valence-electron chi connectivity index (χ4n) is 1.87. The van der Waals surface area contributed by atoms with E-state index in [4.69, 9.17) is 15.4 Å². The third-order valence-corrected chi connectivity index (χ3v) is 4.62. The molecule has 1 saturated carbocycles. The minimum absolute atomic E-state index is 0.296. The summed E-state index contributed by atoms with van der Waals surface area (Å²) in [6.45, 7) is 2.06. The molecule has 0 aliphatic heterocycles. The van der Waals surface area contributed by atoms with Crippen molar-refractivity contribution in [2.24, 2.45) is 5.92 Å². The van der Waals surface area contributed by atoms with Crippen LogP contribution in [0.5, 0.6) is 0 Å². The Morgan fingerprint density at radius 1 is 1.47 bits per heavy atom. The molecule has 0 amide bonds. The predicted molar refractivity (Wildman–Crippen MR) is 57.2 cm³/mol. The number of rotatable bonds is 3. The van der Waals surface area contributed by atoms with Gasteiger partial charge in [0.05, 0.1) is 17.8 Å². The maximum Gasteiger partial charge on any atom is 0.308 e. The number of hydrogen-bond donors (Lipinski definition) is 0. The number of carbonyl (C=O) groups excluding carboxylic acids is 1. The highest BCUT2D eigenvalue weighted by molar-refractivity contribution is 8.14. The number of carbonyl (C=O) groups is 1. The molecule has 0 heterocycles. The molecule has 0 N–H and O–H groups in total. The molecule has 1 rings (SSSR count). The normalized spacial score (nSPS) is 27.3. The van der Waals surface area contributed by atoms with Gasteiger partial charge in [-0.1, -0.05) is 6.42 Å². The van der Waals surface area contributed by atoms with E-state index in [1.807, 2.05) is 0 Å². The summed E-state index contributed by atoms with van der Waals surface area (Å²) >= 11 is 0. The van der Waals surface area contributed by atoms with E-state index >= 15 is 0 Å². The second kappa shape index (κ2) is 5.16. The molecule has 0 aromatic heterocycles. The molecule has 0 aromatic rings. The van der Waals surface area contributed by atoms with Crippen LogP contribution in [-0.4, -0.2) is 26.2 Å². The smallest absolute Gasteiger partial charge is 0.308 e. The number of ether oxygens (including phenoxy) is 1. The molecular formula is C9H15ClO4S. The zero-order valence-electron chi connectivity index (χ0n) is 8.61. The van der Waals surface area contributed by atoms with Crippen LogP contribution in [0.3, 0.4) is 0 Å². The Balaban J connectivity index is 2.60. The minimum Gasteiger partial charge on any atom is -0.466 e. The Morgan fingerprint density at radius 3 is 2.67 bits per heavy atom. The third kappa shape index (κ3) is 3.65. The quantitative estimate of drug-likeness (QED) is 0.568. The molecule has 1 fully saturated rings. The predicted octanol–water partition coefficient (Wildman–Crippen LogP) is 1.68. The Kier molecular flexibility index (Phi) is 4.40. The van der Waals surface area contributed by atoms with E-state index in [1.165, 1.54) is 0 Å². The zero-order chi connectivity index (χ0) is 11.5. The second-order valence-corrected chi connectivity index (χ2v) is 6.62. The highest BCUT2D eigenvalue weighted by Crippen LogP contribution is 2.31. The largest absolute Gasteiger partial charge is 0.466 e. The standard InChI is InChI=1S/C9H15ClO4S/c1-2-14-9(11)7-4-3-5-8(6-7)15(10,12)13/h7-8H,2-6H2,1H3. The molecule has 1 aliphatic carbocycles. The molecule has 6 heteroatoms. The number of halogens is 1. The van der Waals surface area contributed by atoms with Gasteiger partial charge >= 0.3 is 5.97 Å². The summed E-state index contributed by atoms with van der Waals surface area (Å²) in [6.07, 6.45) is 2.24. The highest BCUT2D eigenvalue weighted by Gasteiger charge is 2.34. The lowest BCUT2D eigenvalue weighted by atomic mass is 9.89. The molecule has 0 saturated heterocycles. The molecule has 0 spiro atoms. The van der Waals surface area contributed by atoms with Crippen LogP contribution in [0.2, 0.25) is 0 Å². The van der Waals surface area contributed by atoms with Gasteiger partial charge in [-0.3, -0.25) is 4.79 Å². The lowest BCUT2D eigenvalue weighted by molar-refractivity contribution is -0.149. The molecule has 2 atom stereocenters. The first-order valence-corrected chi connectivity index (χ1v) is 7.42. The molecule has 4 nitrogen and oxygen atoms in total. The molecule has 0 radical (unpaired) electrons. The first-order chi connectivity index (χ1) is 6.95. The Bertz CT molecular complexity index is 325. The fourth-order valence-corrected chi connectivity index (χ4v) is 3.27. The maximum atomic E-state index is 11.4. The van der Waals surface area contributed by atoms with Crippen molar-refractivity contribution in [3.8, 4) is 0 Å². The van der Waals surface area contributed by atoms with Crippen LogP contribution in [-0.2, 0) is 18.6 Å². The van der Waals surface area contributed by atoms with Gasteiger partial charge in [-0.2, -0.15) is 0 Å². The van der Waals surface area contributed by atoms with E-state index in [1.54, 1.807) is 6.92 Å². The summed E-state index contributed by atoms with van der Waals surface area (Å²) in [4.78, 5) is 11.4. The summed E-state index contributed by atoms with van der Waals surface area (Å²) in [6, 6.07) is 0. The van der Waals surface area contributed by atoms with Crippen LogP contribution in [0.15, 0.2) is 0 Å². The zero-order valence-corrected chi connectivity index (χ0v) is 10.2. The van der Waals surface area contributed by atoms with E-state index in [2.05, 4.69) is 0 Å². The van der Waals surface area contributed by atoms with E-state index in [0.717, 1.165) is 0 Å². The molecule has 15 heavy (non-hydrogen) atoms. The van der Waals surface area contributed by atoms with Gasteiger partial charge < -0.3 is 4.74 Å². The van der Waals surface area contributed by atoms with Crippen LogP contribution in [0.1, 0.15) is 32.6 Å². The number of hydrogen-bond acceptors (Lipinski definition) is 4. The van der Waals surface area contributed by atoms with Gasteiger partial charge in [-0.25, -0.2) is 8.42 Å². The summed E-state index contributed by atoms with van der Waals surface area (Å²) in [5.41, 5.74) is 0. The van der Waals surface area contributed by atoms with Gasteiger partial charge in [-0.15, -0.1) is 0 Å². The van der Waals surface area contributed by atoms with Crippen molar-refractivity contribution in [3.63, 3.8) is 0 Å². The van der Waals surface area contributed by atoms with Gasteiger partial charge in [0, 0.05) is 10.7 Å². The molecule has 88 valence electrons. The van der Waals surface area contributed by atoms with Crippen molar-refractivity contribution in [2.45, 2.75) is 37.9 Å². The number of esters is 1. The van der Waals surface area contributed by atoms with Crippen LogP contribution < -0.4 is 0 Å². The summed E-state index contributed by atoms with van der Waals surface area (Å²) in [5.74, 6) is -0.611. The third-order valence-electron chi connectivity index (χ3n) is 2.64. The summed E-state index contributed by atoms with van der Waals surface area (Å²) in [5, 5.41) is -0.595. The van der Waals surface area contributed by atoms with Crippen molar-refractivity contribution in [1.82, 2.24) is 0 Å². The molecular weight excluding hydrogens is 240 g/mol. The van der Waals surface area contributed by atoms with Crippen molar-refractivity contribution >= 4 is 25.7 Å². The lowest BCUT2D eigenvalue weighted by Crippen LogP contribution is -2.30. The van der Waals surface area contributed by atoms with Gasteiger partial charge in [0.15, 0.2) is 0 Å². The average molecular weight is 255 g/mol. The minimum atomic E-state index is -3.54. The molecule has 2 unspecified atom stereocenters. The van der Waals surface area contributed by atoms with Crippen LogP contribution in [0, 0.1) is 5.92 Å². The van der Waals surface area contributed by atoms with Crippen molar-refractivity contribution in [3.05, 3.63) is 0 Å². The van der Waals surface area contributed by atoms with E-state index in [9.17, 15) is 13.2 Å². The van der Waals surface area contributed by atoms with Gasteiger partial charge in [0.1, 0.15) is 0 Å².